The Labute approximate surface area is 127 Å². The van der Waals surface area contributed by atoms with Gasteiger partial charge in [-0.05, 0) is 18.8 Å². The Morgan fingerprint density at radius 1 is 1.24 bits per heavy atom. The summed E-state index contributed by atoms with van der Waals surface area (Å²) < 4.78 is 10.0. The van der Waals surface area contributed by atoms with Gasteiger partial charge < -0.3 is 19.7 Å². The first-order chi connectivity index (χ1) is 10.0. The molecule has 0 aromatic rings. The molecule has 122 valence electrons. The maximum absolute atomic E-state index is 11.9. The van der Waals surface area contributed by atoms with E-state index in [0.717, 1.165) is 25.9 Å². The third-order valence-electron chi connectivity index (χ3n) is 3.46. The number of rotatable bonds is 8. The zero-order valence-corrected chi connectivity index (χ0v) is 13.4. The number of carbonyl (C=O) groups excluding carboxylic acids is 2. The van der Waals surface area contributed by atoms with E-state index in [9.17, 15) is 9.59 Å². The molecule has 21 heavy (non-hydrogen) atoms. The fourth-order valence-corrected chi connectivity index (χ4v) is 2.33. The lowest BCUT2D eigenvalue weighted by Gasteiger charge is -2.32. The minimum absolute atomic E-state index is 0.0653. The molecule has 0 atom stereocenters. The highest BCUT2D eigenvalue weighted by Crippen LogP contribution is 2.13. The van der Waals surface area contributed by atoms with Gasteiger partial charge in [0.1, 0.15) is 6.61 Å². The number of piperidine rings is 1. The van der Waals surface area contributed by atoms with Crippen LogP contribution < -0.4 is 5.32 Å². The highest BCUT2D eigenvalue weighted by molar-refractivity contribution is 5.78. The molecule has 1 N–H and O–H groups in total. The van der Waals surface area contributed by atoms with E-state index in [2.05, 4.69) is 19.2 Å². The Bertz CT molecular complexity index is 326. The van der Waals surface area contributed by atoms with Gasteiger partial charge in [0.15, 0.2) is 0 Å². The van der Waals surface area contributed by atoms with E-state index >= 15 is 0 Å². The van der Waals surface area contributed by atoms with E-state index in [1.807, 2.05) is 4.90 Å². The van der Waals surface area contributed by atoms with Crippen molar-refractivity contribution in [3.8, 4) is 0 Å². The van der Waals surface area contributed by atoms with Gasteiger partial charge in [-0.25, -0.2) is 0 Å². The molecular weight excluding hydrogens is 272 g/mol. The van der Waals surface area contributed by atoms with Gasteiger partial charge in [0.25, 0.3) is 0 Å². The second kappa shape index (κ2) is 9.73. The van der Waals surface area contributed by atoms with Crippen LogP contribution in [0.5, 0.6) is 0 Å². The third-order valence-corrected chi connectivity index (χ3v) is 3.46. The first kappa shape index (κ1) is 17.9. The average molecular weight is 300 g/mol. The van der Waals surface area contributed by atoms with Crippen LogP contribution >= 0.6 is 0 Å². The number of ether oxygens (including phenoxy) is 2. The molecule has 0 bridgehead atoms. The molecule has 1 saturated heterocycles. The van der Waals surface area contributed by atoms with E-state index in [0.29, 0.717) is 25.6 Å². The van der Waals surface area contributed by atoms with Crippen molar-refractivity contribution in [3.63, 3.8) is 0 Å². The summed E-state index contributed by atoms with van der Waals surface area (Å²) in [5.74, 6) is 0.509. The van der Waals surface area contributed by atoms with E-state index in [1.165, 1.54) is 0 Å². The molecule has 1 aliphatic rings. The molecule has 6 nitrogen and oxygen atoms in total. The molecule has 0 aliphatic carbocycles. The predicted octanol–water partition coefficient (Wildman–Crippen LogP) is 0.803. The third kappa shape index (κ3) is 7.43. The molecule has 0 saturated carbocycles. The minimum Gasteiger partial charge on any atom is -0.382 e. The fourth-order valence-electron chi connectivity index (χ4n) is 2.33. The van der Waals surface area contributed by atoms with Gasteiger partial charge in [-0.1, -0.05) is 13.8 Å². The van der Waals surface area contributed by atoms with Gasteiger partial charge in [0.2, 0.25) is 11.8 Å². The number of carbonyl (C=O) groups is 2. The molecule has 1 rings (SSSR count). The molecule has 6 heteroatoms. The normalized spacial score (nSPS) is 16.3. The maximum atomic E-state index is 11.9. The largest absolute Gasteiger partial charge is 0.382 e. The van der Waals surface area contributed by atoms with Crippen LogP contribution in [-0.2, 0) is 19.1 Å². The van der Waals surface area contributed by atoms with Crippen LogP contribution in [-0.4, -0.2) is 62.8 Å². The number of nitrogens with zero attached hydrogens (tertiary/aromatic N) is 1. The number of likely N-dealkylation sites (tertiary alicyclic amines) is 1. The van der Waals surface area contributed by atoms with Crippen molar-refractivity contribution in [2.75, 3.05) is 40.0 Å². The summed E-state index contributed by atoms with van der Waals surface area (Å²) in [6, 6.07) is 0.145. The summed E-state index contributed by atoms with van der Waals surface area (Å²) in [6.45, 7) is 6.52. The van der Waals surface area contributed by atoms with Crippen LogP contribution in [0.3, 0.4) is 0 Å². The van der Waals surface area contributed by atoms with Crippen molar-refractivity contribution < 1.29 is 19.1 Å². The number of hydrogen-bond donors (Lipinski definition) is 1. The van der Waals surface area contributed by atoms with Crippen molar-refractivity contribution >= 4 is 11.8 Å². The summed E-state index contributed by atoms with van der Waals surface area (Å²) in [6.07, 6.45) is 2.23. The summed E-state index contributed by atoms with van der Waals surface area (Å²) in [5, 5.41) is 2.95. The lowest BCUT2D eigenvalue weighted by Crippen LogP contribution is -2.47. The average Bonchev–Trinajstić information content (AvgIpc) is 2.43. The van der Waals surface area contributed by atoms with Gasteiger partial charge in [-0.15, -0.1) is 0 Å². The van der Waals surface area contributed by atoms with E-state index in [1.54, 1.807) is 7.11 Å². The Morgan fingerprint density at radius 3 is 2.48 bits per heavy atom. The van der Waals surface area contributed by atoms with Gasteiger partial charge in [-0.2, -0.15) is 0 Å². The second-order valence-corrected chi connectivity index (χ2v) is 5.87. The molecule has 0 radical (unpaired) electrons. The Morgan fingerprint density at radius 2 is 1.90 bits per heavy atom. The maximum Gasteiger partial charge on any atom is 0.246 e. The molecule has 0 spiro atoms. The van der Waals surface area contributed by atoms with Crippen LogP contribution in [0.15, 0.2) is 0 Å². The highest BCUT2D eigenvalue weighted by Gasteiger charge is 2.23. The molecule has 0 aromatic heterocycles. The van der Waals surface area contributed by atoms with Crippen molar-refractivity contribution in [3.05, 3.63) is 0 Å². The number of amides is 2. The van der Waals surface area contributed by atoms with Crippen molar-refractivity contribution in [1.29, 1.82) is 0 Å². The highest BCUT2D eigenvalue weighted by atomic mass is 16.5. The molecule has 0 unspecified atom stereocenters. The van der Waals surface area contributed by atoms with Gasteiger partial charge in [-0.3, -0.25) is 9.59 Å². The van der Waals surface area contributed by atoms with Crippen LogP contribution in [0.25, 0.3) is 0 Å². The Balaban J connectivity index is 2.18. The van der Waals surface area contributed by atoms with E-state index in [4.69, 9.17) is 9.47 Å². The summed E-state index contributed by atoms with van der Waals surface area (Å²) >= 11 is 0. The predicted molar refractivity (Wildman–Crippen MR) is 79.9 cm³/mol. The van der Waals surface area contributed by atoms with Crippen molar-refractivity contribution in [2.45, 2.75) is 39.2 Å². The zero-order chi connectivity index (χ0) is 15.7. The summed E-state index contributed by atoms with van der Waals surface area (Å²) in [5.41, 5.74) is 0. The SMILES string of the molecule is COCCOCC(=O)NC1CCN(C(=O)CC(C)C)CC1. The zero-order valence-electron chi connectivity index (χ0n) is 13.4. The molecule has 1 aliphatic heterocycles. The Kier molecular flexibility index (Phi) is 8.30. The van der Waals surface area contributed by atoms with E-state index < -0.39 is 0 Å². The standard InChI is InChI=1S/C15H28N2O4/c1-12(2)10-15(19)17-6-4-13(5-7-17)16-14(18)11-21-9-8-20-3/h12-13H,4-11H2,1-3H3,(H,16,18). The monoisotopic (exact) mass is 300 g/mol. The smallest absolute Gasteiger partial charge is 0.246 e. The van der Waals surface area contributed by atoms with Crippen molar-refractivity contribution in [2.24, 2.45) is 5.92 Å². The van der Waals surface area contributed by atoms with E-state index in [-0.39, 0.29) is 24.5 Å². The minimum atomic E-state index is -0.0990. The van der Waals surface area contributed by atoms with Crippen LogP contribution in [0, 0.1) is 5.92 Å². The van der Waals surface area contributed by atoms with Crippen LogP contribution in [0.1, 0.15) is 33.1 Å². The van der Waals surface area contributed by atoms with Crippen molar-refractivity contribution in [1.82, 2.24) is 10.2 Å². The molecule has 2 amide bonds. The van der Waals surface area contributed by atoms with Gasteiger partial charge >= 0.3 is 0 Å². The van der Waals surface area contributed by atoms with Gasteiger partial charge in [0, 0.05) is 32.7 Å². The quantitative estimate of drug-likeness (QED) is 0.673. The topological polar surface area (TPSA) is 67.9 Å². The van der Waals surface area contributed by atoms with Crippen LogP contribution in [0.2, 0.25) is 0 Å². The lowest BCUT2D eigenvalue weighted by atomic mass is 10.0. The summed E-state index contributed by atoms with van der Waals surface area (Å²) in [4.78, 5) is 25.5. The summed E-state index contributed by atoms with van der Waals surface area (Å²) in [7, 11) is 1.60. The number of nitrogens with one attached hydrogen (secondary N) is 1. The molecular formula is C15H28N2O4. The second-order valence-electron chi connectivity index (χ2n) is 5.87. The Hall–Kier alpha value is -1.14. The molecule has 1 heterocycles. The van der Waals surface area contributed by atoms with Gasteiger partial charge in [0.05, 0.1) is 13.2 Å². The number of methoxy groups -OCH3 is 1. The first-order valence-corrected chi connectivity index (χ1v) is 7.66. The van der Waals surface area contributed by atoms with Crippen LogP contribution in [0.4, 0.5) is 0 Å². The molecule has 1 fully saturated rings. The molecule has 0 aromatic carbocycles. The lowest BCUT2D eigenvalue weighted by molar-refractivity contribution is -0.133. The first-order valence-electron chi connectivity index (χ1n) is 7.66. The number of hydrogen-bond acceptors (Lipinski definition) is 4. The fraction of sp³-hybridized carbons (Fsp3) is 0.867.